The molecule has 2 aromatic heterocycles. The van der Waals surface area contributed by atoms with E-state index in [4.69, 9.17) is 11.6 Å². The van der Waals surface area contributed by atoms with Gasteiger partial charge in [0.05, 0.1) is 5.69 Å². The van der Waals surface area contributed by atoms with E-state index in [0.29, 0.717) is 21.2 Å². The van der Waals surface area contributed by atoms with Crippen LogP contribution in [0.1, 0.15) is 26.6 Å². The van der Waals surface area contributed by atoms with Crippen molar-refractivity contribution in [3.05, 3.63) is 45.1 Å². The van der Waals surface area contributed by atoms with Crippen LogP contribution in [0.4, 0.5) is 13.2 Å². The molecule has 4 nitrogen and oxygen atoms in total. The molecule has 126 valence electrons. The number of carboxylic acid groups (broad SMARTS) is 1. The van der Waals surface area contributed by atoms with Crippen molar-refractivity contribution in [2.45, 2.75) is 20.0 Å². The van der Waals surface area contributed by atoms with Crippen LogP contribution >= 0.6 is 22.9 Å². The van der Waals surface area contributed by atoms with Crippen LogP contribution in [0.15, 0.2) is 18.2 Å². The molecular formula is C15H10ClF3N2O2S. The number of carbonyl (C=O) groups is 1. The maximum atomic E-state index is 13.1. The second-order valence-corrected chi connectivity index (χ2v) is 6.79. The van der Waals surface area contributed by atoms with Gasteiger partial charge in [-0.05, 0) is 31.5 Å². The summed E-state index contributed by atoms with van der Waals surface area (Å²) in [5.41, 5.74) is -0.594. The molecule has 3 aromatic rings. The minimum Gasteiger partial charge on any atom is -0.476 e. The highest BCUT2D eigenvalue weighted by Gasteiger charge is 2.41. The summed E-state index contributed by atoms with van der Waals surface area (Å²) in [5.74, 6) is -1.68. The molecule has 24 heavy (non-hydrogen) atoms. The lowest BCUT2D eigenvalue weighted by atomic mass is 10.1. The third kappa shape index (κ3) is 2.55. The van der Waals surface area contributed by atoms with Crippen molar-refractivity contribution in [3.8, 4) is 11.3 Å². The SMILES string of the molecule is Cc1cc(-c2c(C)sc3nc(C(F)(F)F)c(C(=O)O)n23)ccc1Cl. The van der Waals surface area contributed by atoms with Gasteiger partial charge in [-0.2, -0.15) is 13.2 Å². The third-order valence-corrected chi connectivity index (χ3v) is 4.93. The van der Waals surface area contributed by atoms with Gasteiger partial charge in [0.25, 0.3) is 0 Å². The fourth-order valence-electron chi connectivity index (χ4n) is 2.54. The summed E-state index contributed by atoms with van der Waals surface area (Å²) in [6.45, 7) is 3.47. The molecule has 0 fully saturated rings. The molecular weight excluding hydrogens is 365 g/mol. The van der Waals surface area contributed by atoms with E-state index < -0.39 is 23.5 Å². The summed E-state index contributed by atoms with van der Waals surface area (Å²) in [6, 6.07) is 4.97. The maximum Gasteiger partial charge on any atom is 0.435 e. The molecule has 2 heterocycles. The van der Waals surface area contributed by atoms with E-state index in [1.54, 1.807) is 32.0 Å². The molecule has 1 N–H and O–H groups in total. The number of rotatable bonds is 2. The average molecular weight is 375 g/mol. The number of thiazole rings is 1. The number of aromatic nitrogens is 2. The van der Waals surface area contributed by atoms with Gasteiger partial charge in [-0.3, -0.25) is 4.40 Å². The van der Waals surface area contributed by atoms with Crippen LogP contribution in [0.25, 0.3) is 16.2 Å². The van der Waals surface area contributed by atoms with Crippen LogP contribution < -0.4 is 0 Å². The first-order valence-electron chi connectivity index (χ1n) is 6.70. The lowest BCUT2D eigenvalue weighted by Gasteiger charge is -2.08. The first-order chi connectivity index (χ1) is 11.1. The normalized spacial score (nSPS) is 12.1. The number of hydrogen-bond donors (Lipinski definition) is 1. The van der Waals surface area contributed by atoms with E-state index in [-0.39, 0.29) is 4.96 Å². The van der Waals surface area contributed by atoms with Gasteiger partial charge in [-0.25, -0.2) is 9.78 Å². The van der Waals surface area contributed by atoms with E-state index >= 15 is 0 Å². The Morgan fingerprint density at radius 2 is 2.00 bits per heavy atom. The highest BCUT2D eigenvalue weighted by Crippen LogP contribution is 2.39. The Hall–Kier alpha value is -2.06. The Morgan fingerprint density at radius 1 is 1.33 bits per heavy atom. The highest BCUT2D eigenvalue weighted by molar-refractivity contribution is 7.17. The van der Waals surface area contributed by atoms with Gasteiger partial charge in [0.15, 0.2) is 16.3 Å². The molecule has 0 spiro atoms. The number of carboxylic acids is 1. The molecule has 0 amide bonds. The minimum atomic E-state index is -4.85. The molecule has 0 atom stereocenters. The van der Waals surface area contributed by atoms with Crippen LogP contribution in [-0.2, 0) is 6.18 Å². The lowest BCUT2D eigenvalue weighted by Crippen LogP contribution is -2.14. The van der Waals surface area contributed by atoms with E-state index in [9.17, 15) is 23.1 Å². The number of hydrogen-bond acceptors (Lipinski definition) is 3. The highest BCUT2D eigenvalue weighted by atomic mass is 35.5. The predicted octanol–water partition coefficient (Wildman–Crippen LogP) is 5.05. The number of halogens is 4. The number of aromatic carboxylic acids is 1. The second-order valence-electron chi connectivity index (χ2n) is 5.20. The Labute approximate surface area is 143 Å². The van der Waals surface area contributed by atoms with E-state index in [2.05, 4.69) is 4.98 Å². The number of nitrogens with zero attached hydrogens (tertiary/aromatic N) is 2. The molecule has 0 saturated heterocycles. The minimum absolute atomic E-state index is 0.0140. The summed E-state index contributed by atoms with van der Waals surface area (Å²) in [4.78, 5) is 15.6. The Bertz CT molecular complexity index is 975. The van der Waals surface area contributed by atoms with Crippen LogP contribution in [-0.4, -0.2) is 20.5 Å². The summed E-state index contributed by atoms with van der Waals surface area (Å²) in [7, 11) is 0. The van der Waals surface area contributed by atoms with Gasteiger partial charge in [-0.15, -0.1) is 11.3 Å². The van der Waals surface area contributed by atoms with Crippen molar-refractivity contribution in [3.63, 3.8) is 0 Å². The zero-order valence-electron chi connectivity index (χ0n) is 12.4. The maximum absolute atomic E-state index is 13.1. The van der Waals surface area contributed by atoms with Crippen molar-refractivity contribution in [2.24, 2.45) is 0 Å². The molecule has 0 aliphatic carbocycles. The quantitative estimate of drug-likeness (QED) is 0.683. The van der Waals surface area contributed by atoms with E-state index in [1.165, 1.54) is 0 Å². The summed E-state index contributed by atoms with van der Waals surface area (Å²) >= 11 is 6.99. The van der Waals surface area contributed by atoms with Gasteiger partial charge in [0.2, 0.25) is 0 Å². The van der Waals surface area contributed by atoms with Crippen LogP contribution in [0.2, 0.25) is 5.02 Å². The first-order valence-corrected chi connectivity index (χ1v) is 7.89. The Morgan fingerprint density at radius 3 is 2.54 bits per heavy atom. The van der Waals surface area contributed by atoms with Crippen LogP contribution in [0.5, 0.6) is 0 Å². The summed E-state index contributed by atoms with van der Waals surface area (Å²) in [5, 5.41) is 9.83. The fourth-order valence-corrected chi connectivity index (χ4v) is 3.65. The van der Waals surface area contributed by atoms with Gasteiger partial charge in [0.1, 0.15) is 0 Å². The molecule has 0 bridgehead atoms. The topological polar surface area (TPSA) is 54.6 Å². The number of fused-ring (bicyclic) bond motifs is 1. The van der Waals surface area contributed by atoms with E-state index in [0.717, 1.165) is 21.3 Å². The van der Waals surface area contributed by atoms with Crippen LogP contribution in [0, 0.1) is 13.8 Å². The zero-order chi connectivity index (χ0) is 17.8. The summed E-state index contributed by atoms with van der Waals surface area (Å²) < 4.78 is 40.4. The number of benzene rings is 1. The van der Waals surface area contributed by atoms with Crippen molar-refractivity contribution in [1.29, 1.82) is 0 Å². The van der Waals surface area contributed by atoms with Crippen molar-refractivity contribution in [2.75, 3.05) is 0 Å². The Kier molecular flexibility index (Phi) is 3.84. The molecule has 0 saturated carbocycles. The van der Waals surface area contributed by atoms with Crippen LogP contribution in [0.3, 0.4) is 0 Å². The fraction of sp³-hybridized carbons (Fsp3) is 0.200. The van der Waals surface area contributed by atoms with E-state index in [1.807, 2.05) is 0 Å². The third-order valence-electron chi connectivity index (χ3n) is 3.55. The average Bonchev–Trinajstić information content (AvgIpc) is 2.96. The number of aryl methyl sites for hydroxylation is 2. The largest absolute Gasteiger partial charge is 0.476 e. The lowest BCUT2D eigenvalue weighted by molar-refractivity contribution is -0.141. The van der Waals surface area contributed by atoms with Crippen molar-refractivity contribution < 1.29 is 23.1 Å². The number of imidazole rings is 1. The van der Waals surface area contributed by atoms with Gasteiger partial charge < -0.3 is 5.11 Å². The molecule has 9 heteroatoms. The van der Waals surface area contributed by atoms with Gasteiger partial charge in [-0.1, -0.05) is 17.7 Å². The zero-order valence-corrected chi connectivity index (χ0v) is 14.0. The molecule has 1 aromatic carbocycles. The molecule has 0 radical (unpaired) electrons. The predicted molar refractivity (Wildman–Crippen MR) is 85.0 cm³/mol. The first kappa shape index (κ1) is 16.8. The number of alkyl halides is 3. The Balaban J connectivity index is 2.40. The van der Waals surface area contributed by atoms with Crippen molar-refractivity contribution in [1.82, 2.24) is 9.38 Å². The molecule has 0 unspecified atom stereocenters. The second kappa shape index (κ2) is 5.49. The van der Waals surface area contributed by atoms with Crippen molar-refractivity contribution >= 4 is 33.9 Å². The molecule has 3 rings (SSSR count). The molecule has 0 aliphatic rings. The summed E-state index contributed by atoms with van der Waals surface area (Å²) in [6.07, 6.45) is -4.85. The smallest absolute Gasteiger partial charge is 0.435 e. The van der Waals surface area contributed by atoms with Gasteiger partial charge >= 0.3 is 12.1 Å². The van der Waals surface area contributed by atoms with Gasteiger partial charge in [0, 0.05) is 15.5 Å². The standard InChI is InChI=1S/C15H10ClF3N2O2S/c1-6-5-8(3-4-9(6)16)10-7(2)24-14-20-12(15(17,18)19)11(13(22)23)21(10)14/h3-5H,1-2H3,(H,22,23). The molecule has 0 aliphatic heterocycles. The monoisotopic (exact) mass is 374 g/mol.